The maximum Gasteiger partial charge on any atom is 0.163 e. The Morgan fingerprint density at radius 3 is 1.69 bits per heavy atom. The highest BCUT2D eigenvalue weighted by Crippen LogP contribution is 2.42. The molecule has 0 spiro atoms. The second-order valence-corrected chi connectivity index (χ2v) is 11.2. The molecular formula is C36H35NO8. The molecule has 232 valence electrons. The number of methoxy groups -OCH3 is 2. The summed E-state index contributed by atoms with van der Waals surface area (Å²) in [5.41, 5.74) is 5.02. The van der Waals surface area contributed by atoms with Gasteiger partial charge in [0.05, 0.1) is 25.3 Å². The molecule has 5 N–H and O–H groups in total. The van der Waals surface area contributed by atoms with Crippen molar-refractivity contribution in [3.05, 3.63) is 93.2 Å². The molecule has 0 unspecified atom stereocenters. The van der Waals surface area contributed by atoms with Crippen molar-refractivity contribution in [1.29, 1.82) is 0 Å². The van der Waals surface area contributed by atoms with Crippen molar-refractivity contribution in [1.82, 2.24) is 4.98 Å². The minimum Gasteiger partial charge on any atom is -0.507 e. The van der Waals surface area contributed by atoms with Crippen LogP contribution in [0.5, 0.6) is 34.5 Å². The number of Topliss-reactive ketones (excluding diaryl/α,β-unsaturated/α-hetero) is 2. The number of carbonyl (C=O) groups is 2. The van der Waals surface area contributed by atoms with Crippen LogP contribution in [0.25, 0.3) is 22.0 Å². The van der Waals surface area contributed by atoms with E-state index >= 15 is 0 Å². The van der Waals surface area contributed by atoms with E-state index < -0.39 is 0 Å². The predicted octanol–water partition coefficient (Wildman–Crippen LogP) is 6.88. The van der Waals surface area contributed by atoms with E-state index in [1.54, 1.807) is 28.1 Å². The third kappa shape index (κ3) is 5.53. The molecule has 0 fully saturated rings. The van der Waals surface area contributed by atoms with E-state index in [2.05, 4.69) is 4.98 Å². The lowest BCUT2D eigenvalue weighted by Crippen LogP contribution is -2.03. The fourth-order valence-electron chi connectivity index (χ4n) is 5.81. The molecule has 0 saturated heterocycles. The van der Waals surface area contributed by atoms with Crippen LogP contribution >= 0.6 is 0 Å². The smallest absolute Gasteiger partial charge is 0.163 e. The molecule has 5 rings (SSSR count). The fraction of sp³-hybridized carbons (Fsp3) is 0.222. The molecule has 0 amide bonds. The topological polar surface area (TPSA) is 149 Å². The molecule has 0 saturated carbocycles. The zero-order valence-corrected chi connectivity index (χ0v) is 26.0. The van der Waals surface area contributed by atoms with Gasteiger partial charge in [-0.1, -0.05) is 12.1 Å². The zero-order valence-electron chi connectivity index (χ0n) is 26.0. The zero-order chi connectivity index (χ0) is 32.7. The van der Waals surface area contributed by atoms with Crippen molar-refractivity contribution in [3.8, 4) is 45.6 Å². The molecule has 0 aliphatic carbocycles. The summed E-state index contributed by atoms with van der Waals surface area (Å²) in [5.74, 6) is -0.479. The van der Waals surface area contributed by atoms with Crippen molar-refractivity contribution in [3.63, 3.8) is 0 Å². The molecule has 1 aromatic heterocycles. The van der Waals surface area contributed by atoms with Gasteiger partial charge in [-0.15, -0.1) is 0 Å². The van der Waals surface area contributed by atoms with Crippen molar-refractivity contribution < 1.29 is 39.5 Å². The van der Waals surface area contributed by atoms with Crippen LogP contribution in [-0.4, -0.2) is 51.2 Å². The quantitative estimate of drug-likeness (QED) is 0.114. The van der Waals surface area contributed by atoms with Gasteiger partial charge >= 0.3 is 0 Å². The normalized spacial score (nSPS) is 11.2. The molecule has 0 bridgehead atoms. The van der Waals surface area contributed by atoms with Gasteiger partial charge in [-0.25, -0.2) is 0 Å². The van der Waals surface area contributed by atoms with Crippen LogP contribution in [0.4, 0.5) is 0 Å². The Labute approximate surface area is 260 Å². The Hall–Kier alpha value is -5.44. The molecule has 9 nitrogen and oxygen atoms in total. The average molecular weight is 610 g/mol. The number of ether oxygens (including phenoxy) is 2. The first kappa shape index (κ1) is 31.0. The van der Waals surface area contributed by atoms with Gasteiger partial charge in [-0.2, -0.15) is 0 Å². The van der Waals surface area contributed by atoms with Gasteiger partial charge in [0, 0.05) is 40.6 Å². The van der Waals surface area contributed by atoms with Gasteiger partial charge in [0.1, 0.15) is 23.0 Å². The number of benzene rings is 4. The Balaban J connectivity index is 1.76. The Kier molecular flexibility index (Phi) is 8.21. The lowest BCUT2D eigenvalue weighted by Gasteiger charge is -2.16. The first-order chi connectivity index (χ1) is 21.4. The second-order valence-electron chi connectivity index (χ2n) is 11.2. The highest BCUT2D eigenvalue weighted by Gasteiger charge is 2.25. The maximum atomic E-state index is 12.3. The first-order valence-electron chi connectivity index (χ1n) is 14.3. The Bertz CT molecular complexity index is 2000. The predicted molar refractivity (Wildman–Crippen MR) is 171 cm³/mol. The van der Waals surface area contributed by atoms with Gasteiger partial charge in [0.25, 0.3) is 0 Å². The third-order valence-electron chi connectivity index (χ3n) is 8.30. The van der Waals surface area contributed by atoms with Crippen LogP contribution in [0, 0.1) is 13.8 Å². The van der Waals surface area contributed by atoms with Gasteiger partial charge in [-0.3, -0.25) is 9.59 Å². The van der Waals surface area contributed by atoms with Crippen LogP contribution in [0.3, 0.4) is 0 Å². The summed E-state index contributed by atoms with van der Waals surface area (Å²) in [6, 6.07) is 14.2. The molecule has 0 atom stereocenters. The Morgan fingerprint density at radius 1 is 0.644 bits per heavy atom. The lowest BCUT2D eigenvalue weighted by atomic mass is 9.91. The highest BCUT2D eigenvalue weighted by molar-refractivity contribution is 5.99. The number of ketones is 2. The van der Waals surface area contributed by atoms with E-state index in [4.69, 9.17) is 9.47 Å². The van der Waals surface area contributed by atoms with E-state index in [0.717, 1.165) is 22.0 Å². The number of aromatic amines is 1. The molecule has 4 aromatic carbocycles. The lowest BCUT2D eigenvalue weighted by molar-refractivity contribution is 0.100. The molecular weight excluding hydrogens is 574 g/mol. The Morgan fingerprint density at radius 2 is 1.16 bits per heavy atom. The summed E-state index contributed by atoms with van der Waals surface area (Å²) in [4.78, 5) is 28.0. The van der Waals surface area contributed by atoms with Crippen LogP contribution in [0.1, 0.15) is 68.1 Å². The minimum atomic E-state index is -0.349. The summed E-state index contributed by atoms with van der Waals surface area (Å²) in [7, 11) is 3.12. The monoisotopic (exact) mass is 609 g/mol. The number of hydrogen-bond donors (Lipinski definition) is 5. The van der Waals surface area contributed by atoms with Crippen LogP contribution in [0.2, 0.25) is 0 Å². The number of aromatic nitrogens is 1. The number of H-pyrrole nitrogens is 1. The molecule has 5 aromatic rings. The number of hydrogen-bond acceptors (Lipinski definition) is 8. The number of aryl methyl sites for hydroxylation is 2. The summed E-state index contributed by atoms with van der Waals surface area (Å²) >= 11 is 0. The fourth-order valence-corrected chi connectivity index (χ4v) is 5.81. The summed E-state index contributed by atoms with van der Waals surface area (Å²) < 4.78 is 10.9. The molecule has 0 radical (unpaired) electrons. The number of phenols is 4. The maximum absolute atomic E-state index is 12.3. The van der Waals surface area contributed by atoms with E-state index in [1.807, 2.05) is 36.4 Å². The minimum absolute atomic E-state index is 0.00222. The van der Waals surface area contributed by atoms with Crippen LogP contribution in [-0.2, 0) is 12.8 Å². The molecule has 1 heterocycles. The molecule has 0 aliphatic heterocycles. The van der Waals surface area contributed by atoms with E-state index in [-0.39, 0.29) is 69.7 Å². The van der Waals surface area contributed by atoms with Crippen molar-refractivity contribution >= 4 is 22.5 Å². The van der Waals surface area contributed by atoms with Gasteiger partial charge in [0.2, 0.25) is 0 Å². The summed E-state index contributed by atoms with van der Waals surface area (Å²) in [6.45, 7) is 5.99. The van der Waals surface area contributed by atoms with E-state index in [9.17, 15) is 30.0 Å². The number of aromatic hydroxyl groups is 4. The summed E-state index contributed by atoms with van der Waals surface area (Å²) in [5, 5.41) is 45.0. The second kappa shape index (κ2) is 11.9. The van der Waals surface area contributed by atoms with E-state index in [0.29, 0.717) is 33.9 Å². The van der Waals surface area contributed by atoms with Crippen molar-refractivity contribution in [2.45, 2.75) is 40.5 Å². The summed E-state index contributed by atoms with van der Waals surface area (Å²) in [6.07, 6.45) is 0.0134. The highest BCUT2D eigenvalue weighted by atomic mass is 16.5. The van der Waals surface area contributed by atoms with Crippen LogP contribution in [0.15, 0.2) is 48.5 Å². The third-order valence-corrected chi connectivity index (χ3v) is 8.30. The number of rotatable bonds is 9. The van der Waals surface area contributed by atoms with E-state index in [1.165, 1.54) is 26.0 Å². The number of fused-ring (bicyclic) bond motifs is 1. The van der Waals surface area contributed by atoms with Gasteiger partial charge in [-0.05, 0) is 91.9 Å². The molecule has 9 heteroatoms. The van der Waals surface area contributed by atoms with Crippen molar-refractivity contribution in [2.24, 2.45) is 0 Å². The van der Waals surface area contributed by atoms with Gasteiger partial charge < -0.3 is 34.9 Å². The average Bonchev–Trinajstić information content (AvgIpc) is 3.36. The first-order valence-corrected chi connectivity index (χ1v) is 14.3. The number of phenolic OH excluding ortho intramolecular Hbond substituents is 4. The standard InChI is InChI=1S/C36H35NO8/c1-17-11-23(19(3)38)35(42)27(33(17)40)15-26-25-13-21(22-8-10-31(44-5)32(14-22)45-6)7-9-29(25)37-30(26)16-28-34(41)18(2)12-24(20(4)39)36(28)43/h7-14,37,40-43H,15-16H2,1-6H3. The number of carbonyl (C=O) groups excluding carboxylic acids is 2. The van der Waals surface area contributed by atoms with Gasteiger partial charge in [0.15, 0.2) is 23.1 Å². The molecule has 0 aliphatic rings. The largest absolute Gasteiger partial charge is 0.507 e. The van der Waals surface area contributed by atoms with Crippen molar-refractivity contribution in [2.75, 3.05) is 14.2 Å². The SMILES string of the molecule is COc1ccc(-c2ccc3[nH]c(Cc4c(O)c(C)cc(C(C)=O)c4O)c(Cc4c(O)c(C)cc(C(C)=O)c4O)c3c2)cc1OC. The van der Waals surface area contributed by atoms with Crippen LogP contribution < -0.4 is 9.47 Å². The molecule has 45 heavy (non-hydrogen) atoms. The number of nitrogens with one attached hydrogen (secondary N) is 1.